The summed E-state index contributed by atoms with van der Waals surface area (Å²) in [7, 11) is 2.04. The molecule has 0 bridgehead atoms. The zero-order valence-corrected chi connectivity index (χ0v) is 15.9. The number of likely N-dealkylation sites (N-methyl/N-ethyl adjacent to an activating group) is 1. The molecular weight excluding hydrogens is 342 g/mol. The number of carbonyl (C=O) groups excluding carboxylic acids is 2. The Hall–Kier alpha value is -2.86. The Bertz CT molecular complexity index is 879. The second-order valence-corrected chi connectivity index (χ2v) is 7.06. The van der Waals surface area contributed by atoms with Crippen LogP contribution >= 0.6 is 0 Å². The van der Waals surface area contributed by atoms with Crippen LogP contribution in [0.2, 0.25) is 0 Å². The van der Waals surface area contributed by atoms with E-state index in [1.165, 1.54) is 11.3 Å². The van der Waals surface area contributed by atoms with Crippen molar-refractivity contribution < 1.29 is 14.7 Å². The zero-order chi connectivity index (χ0) is 19.6. The number of aliphatic hydroxyl groups excluding tert-OH is 1. The molecule has 1 unspecified atom stereocenters. The van der Waals surface area contributed by atoms with Crippen LogP contribution in [0.1, 0.15) is 28.4 Å². The van der Waals surface area contributed by atoms with Crippen molar-refractivity contribution in [3.63, 3.8) is 0 Å². The fourth-order valence-corrected chi connectivity index (χ4v) is 3.23. The number of nitrogens with one attached hydrogen (secondary N) is 2. The molecule has 0 radical (unpaired) electrons. The van der Waals surface area contributed by atoms with E-state index in [1.807, 2.05) is 57.3 Å². The summed E-state index contributed by atoms with van der Waals surface area (Å²) in [6, 6.07) is 11.4. The van der Waals surface area contributed by atoms with Gasteiger partial charge in [0.1, 0.15) is 0 Å². The summed E-state index contributed by atoms with van der Waals surface area (Å²) in [6.07, 6.45) is 0.0791. The molecule has 0 aliphatic carbocycles. The van der Waals surface area contributed by atoms with Crippen LogP contribution in [0.3, 0.4) is 0 Å². The molecule has 1 atom stereocenters. The first-order valence-electron chi connectivity index (χ1n) is 9.03. The van der Waals surface area contributed by atoms with Crippen molar-refractivity contribution in [2.75, 3.05) is 30.4 Å². The predicted octanol–water partition coefficient (Wildman–Crippen LogP) is 2.08. The average Bonchev–Trinajstić information content (AvgIpc) is 3.02. The van der Waals surface area contributed by atoms with Crippen LogP contribution < -0.4 is 15.5 Å². The average molecular weight is 367 g/mol. The largest absolute Gasteiger partial charge is 0.387 e. The number of amides is 2. The Morgan fingerprint density at radius 3 is 2.70 bits per heavy atom. The van der Waals surface area contributed by atoms with Gasteiger partial charge < -0.3 is 20.6 Å². The van der Waals surface area contributed by atoms with Gasteiger partial charge in [-0.1, -0.05) is 24.3 Å². The smallest absolute Gasteiger partial charge is 0.313 e. The number of carbonyl (C=O) groups is 2. The minimum atomic E-state index is -0.862. The monoisotopic (exact) mass is 367 g/mol. The second kappa shape index (κ2) is 7.80. The first-order chi connectivity index (χ1) is 12.8. The number of aliphatic hydroxyl groups is 1. The molecule has 2 amide bonds. The van der Waals surface area contributed by atoms with Crippen molar-refractivity contribution in [3.8, 4) is 0 Å². The molecule has 0 saturated heterocycles. The predicted molar refractivity (Wildman–Crippen MR) is 106 cm³/mol. The van der Waals surface area contributed by atoms with Crippen molar-refractivity contribution in [2.24, 2.45) is 0 Å². The molecule has 3 rings (SSSR count). The molecular formula is C21H25N3O3. The highest BCUT2D eigenvalue weighted by Gasteiger charge is 2.20. The molecule has 0 saturated carbocycles. The fraction of sp³-hybridized carbons (Fsp3) is 0.333. The first kappa shape index (κ1) is 18.9. The Balaban J connectivity index is 1.57. The third-order valence-electron chi connectivity index (χ3n) is 4.92. The van der Waals surface area contributed by atoms with Gasteiger partial charge in [0, 0.05) is 31.5 Å². The van der Waals surface area contributed by atoms with E-state index in [9.17, 15) is 14.7 Å². The Morgan fingerprint density at radius 1 is 1.15 bits per heavy atom. The Morgan fingerprint density at radius 2 is 1.93 bits per heavy atom. The number of hydrogen-bond acceptors (Lipinski definition) is 4. The minimum absolute atomic E-state index is 0.0202. The lowest BCUT2D eigenvalue weighted by Crippen LogP contribution is -2.37. The molecule has 142 valence electrons. The first-order valence-corrected chi connectivity index (χ1v) is 9.03. The molecule has 1 aliphatic rings. The summed E-state index contributed by atoms with van der Waals surface area (Å²) in [6.45, 7) is 4.72. The lowest BCUT2D eigenvalue weighted by Gasteiger charge is -2.15. The number of aryl methyl sites for hydroxylation is 2. The maximum atomic E-state index is 12.1. The number of benzene rings is 2. The molecule has 6 nitrogen and oxygen atoms in total. The topological polar surface area (TPSA) is 81.7 Å². The van der Waals surface area contributed by atoms with Gasteiger partial charge in [-0.15, -0.1) is 0 Å². The van der Waals surface area contributed by atoms with Crippen molar-refractivity contribution in [1.82, 2.24) is 5.32 Å². The van der Waals surface area contributed by atoms with Crippen LogP contribution in [-0.4, -0.2) is 37.1 Å². The van der Waals surface area contributed by atoms with Gasteiger partial charge in [-0.3, -0.25) is 9.59 Å². The normalized spacial score (nSPS) is 13.9. The van der Waals surface area contributed by atoms with Gasteiger partial charge in [0.15, 0.2) is 0 Å². The van der Waals surface area contributed by atoms with E-state index < -0.39 is 17.9 Å². The van der Waals surface area contributed by atoms with Crippen LogP contribution in [-0.2, 0) is 16.0 Å². The number of nitrogens with zero attached hydrogens (tertiary/aromatic N) is 1. The van der Waals surface area contributed by atoms with Gasteiger partial charge in [0.2, 0.25) is 0 Å². The van der Waals surface area contributed by atoms with Gasteiger partial charge in [0.05, 0.1) is 6.10 Å². The number of anilines is 2. The summed E-state index contributed by atoms with van der Waals surface area (Å²) in [5.74, 6) is -1.51. The Labute approximate surface area is 159 Å². The van der Waals surface area contributed by atoms with Crippen molar-refractivity contribution >= 4 is 23.2 Å². The van der Waals surface area contributed by atoms with Crippen LogP contribution in [0.5, 0.6) is 0 Å². The molecule has 0 spiro atoms. The molecule has 1 heterocycles. The number of rotatable bonds is 4. The van der Waals surface area contributed by atoms with Crippen LogP contribution in [0.4, 0.5) is 11.4 Å². The zero-order valence-electron chi connectivity index (χ0n) is 15.9. The highest BCUT2D eigenvalue weighted by Crippen LogP contribution is 2.29. The van der Waals surface area contributed by atoms with E-state index in [0.717, 1.165) is 29.7 Å². The lowest BCUT2D eigenvalue weighted by molar-refractivity contribution is -0.136. The van der Waals surface area contributed by atoms with E-state index in [0.29, 0.717) is 5.69 Å². The highest BCUT2D eigenvalue weighted by atomic mass is 16.3. The van der Waals surface area contributed by atoms with Gasteiger partial charge in [-0.2, -0.15) is 0 Å². The highest BCUT2D eigenvalue weighted by molar-refractivity contribution is 6.39. The third kappa shape index (κ3) is 4.28. The van der Waals surface area contributed by atoms with E-state index in [4.69, 9.17) is 0 Å². The van der Waals surface area contributed by atoms with E-state index in [2.05, 4.69) is 15.5 Å². The Kier molecular flexibility index (Phi) is 5.46. The number of hydrogen-bond donors (Lipinski definition) is 3. The summed E-state index contributed by atoms with van der Waals surface area (Å²) in [5.41, 5.74) is 5.58. The summed E-state index contributed by atoms with van der Waals surface area (Å²) >= 11 is 0. The van der Waals surface area contributed by atoms with E-state index in [-0.39, 0.29) is 6.54 Å². The van der Waals surface area contributed by atoms with Crippen molar-refractivity contribution in [2.45, 2.75) is 26.4 Å². The van der Waals surface area contributed by atoms with Gasteiger partial charge in [0.25, 0.3) is 0 Å². The quantitative estimate of drug-likeness (QED) is 0.723. The van der Waals surface area contributed by atoms with Gasteiger partial charge >= 0.3 is 11.8 Å². The SMILES string of the molecule is Cc1ccc(C)c(NC(=O)C(=O)NCC(O)c2ccc3c(c2)CCN3C)c1. The summed E-state index contributed by atoms with van der Waals surface area (Å²) in [4.78, 5) is 26.3. The minimum Gasteiger partial charge on any atom is -0.387 e. The molecule has 27 heavy (non-hydrogen) atoms. The van der Waals surface area contributed by atoms with Crippen molar-refractivity contribution in [1.29, 1.82) is 0 Å². The maximum absolute atomic E-state index is 12.1. The molecule has 6 heteroatoms. The lowest BCUT2D eigenvalue weighted by atomic mass is 10.0. The molecule has 2 aromatic rings. The molecule has 2 aromatic carbocycles. The van der Waals surface area contributed by atoms with Crippen LogP contribution in [0.15, 0.2) is 36.4 Å². The molecule has 0 aromatic heterocycles. The standard InChI is InChI=1S/C21H25N3O3/c1-13-4-5-14(2)17(10-13)23-21(27)20(26)22-12-19(25)16-6-7-18-15(11-16)8-9-24(18)3/h4-7,10-11,19,25H,8-9,12H2,1-3H3,(H,22,26)(H,23,27). The summed E-state index contributed by atoms with van der Waals surface area (Å²) < 4.78 is 0. The fourth-order valence-electron chi connectivity index (χ4n) is 3.23. The molecule has 0 fully saturated rings. The van der Waals surface area contributed by atoms with Gasteiger partial charge in [-0.05, 0) is 54.7 Å². The molecule has 1 aliphatic heterocycles. The number of fused-ring (bicyclic) bond motifs is 1. The second-order valence-electron chi connectivity index (χ2n) is 7.06. The van der Waals surface area contributed by atoms with Crippen molar-refractivity contribution in [3.05, 3.63) is 58.7 Å². The van der Waals surface area contributed by atoms with Gasteiger partial charge in [-0.25, -0.2) is 0 Å². The maximum Gasteiger partial charge on any atom is 0.313 e. The molecule has 3 N–H and O–H groups in total. The van der Waals surface area contributed by atoms with Crippen LogP contribution in [0, 0.1) is 13.8 Å². The van der Waals surface area contributed by atoms with E-state index >= 15 is 0 Å². The van der Waals surface area contributed by atoms with E-state index in [1.54, 1.807) is 0 Å². The van der Waals surface area contributed by atoms with Crippen LogP contribution in [0.25, 0.3) is 0 Å². The third-order valence-corrected chi connectivity index (χ3v) is 4.92. The summed E-state index contributed by atoms with van der Waals surface area (Å²) in [5, 5.41) is 15.5.